The third kappa shape index (κ3) is 7.76. The number of pyridine rings is 1. The fourth-order valence-electron chi connectivity index (χ4n) is 2.17. The summed E-state index contributed by atoms with van der Waals surface area (Å²) in [6, 6.07) is 6.11. The molecule has 0 amide bonds. The smallest absolute Gasteiger partial charge is 0.191 e. The molecule has 2 rings (SSSR count). The molecule has 0 aliphatic heterocycles. The van der Waals surface area contributed by atoms with Crippen LogP contribution in [-0.4, -0.2) is 40.4 Å². The van der Waals surface area contributed by atoms with Crippen LogP contribution in [0.1, 0.15) is 24.6 Å². The molecule has 0 aliphatic carbocycles. The van der Waals surface area contributed by atoms with Crippen molar-refractivity contribution in [3.63, 3.8) is 0 Å². The van der Waals surface area contributed by atoms with Crippen LogP contribution in [-0.2, 0) is 13.0 Å². The molecule has 0 fully saturated rings. The first-order valence-electron chi connectivity index (χ1n) is 8.19. The number of aryl methyl sites for hydroxylation is 2. The molecule has 2 N–H and O–H groups in total. The second kappa shape index (κ2) is 11.8. The molecule has 132 valence electrons. The number of nitrogens with one attached hydrogen (secondary N) is 2. The van der Waals surface area contributed by atoms with E-state index in [-0.39, 0.29) is 24.0 Å². The Labute approximate surface area is 161 Å². The fraction of sp³-hybridized carbons (Fsp3) is 0.471. The van der Waals surface area contributed by atoms with Crippen LogP contribution in [0.5, 0.6) is 0 Å². The average Bonchev–Trinajstić information content (AvgIpc) is 3.07. The first-order valence-corrected chi connectivity index (χ1v) is 8.19. The van der Waals surface area contributed by atoms with Crippen LogP contribution in [0.25, 0.3) is 0 Å². The average molecular weight is 442 g/mol. The molecule has 0 spiro atoms. The van der Waals surface area contributed by atoms with Crippen LogP contribution in [0.4, 0.5) is 0 Å². The van der Waals surface area contributed by atoms with Crippen molar-refractivity contribution in [1.29, 1.82) is 0 Å². The second-order valence-corrected chi connectivity index (χ2v) is 5.37. The van der Waals surface area contributed by atoms with Gasteiger partial charge in [-0.1, -0.05) is 6.07 Å². The van der Waals surface area contributed by atoms with Crippen LogP contribution in [0, 0.1) is 6.92 Å². The van der Waals surface area contributed by atoms with E-state index in [0.29, 0.717) is 0 Å². The van der Waals surface area contributed by atoms with Gasteiger partial charge in [-0.15, -0.1) is 24.0 Å². The predicted molar refractivity (Wildman–Crippen MR) is 109 cm³/mol. The molecular weight excluding hydrogens is 415 g/mol. The highest BCUT2D eigenvalue weighted by Gasteiger charge is 1.98. The largest absolute Gasteiger partial charge is 0.357 e. The normalized spacial score (nSPS) is 11.0. The number of halogens is 1. The summed E-state index contributed by atoms with van der Waals surface area (Å²) >= 11 is 0. The maximum absolute atomic E-state index is 4.60. The van der Waals surface area contributed by atoms with E-state index in [1.165, 1.54) is 5.56 Å². The second-order valence-electron chi connectivity index (χ2n) is 5.37. The van der Waals surface area contributed by atoms with Crippen molar-refractivity contribution >= 4 is 29.9 Å². The maximum atomic E-state index is 4.60. The lowest BCUT2D eigenvalue weighted by Gasteiger charge is -2.11. The molecular formula is C17H27IN6. The molecule has 2 heterocycles. The monoisotopic (exact) mass is 442 g/mol. The standard InChI is InChI=1S/C17H26N6.HI/c1-3-18-17(19-9-4-12-23-13-5-10-22-23)20-11-8-16-7-6-15(2)21-14-16;/h5-7,10,13-14H,3-4,8-9,11-12H2,1-2H3,(H2,18,19,20);1H. The van der Waals surface area contributed by atoms with Gasteiger partial charge in [0.05, 0.1) is 0 Å². The molecule has 0 saturated heterocycles. The first kappa shape index (κ1) is 20.4. The van der Waals surface area contributed by atoms with Gasteiger partial charge < -0.3 is 10.6 Å². The van der Waals surface area contributed by atoms with Crippen molar-refractivity contribution in [2.75, 3.05) is 19.6 Å². The van der Waals surface area contributed by atoms with Gasteiger partial charge in [0.15, 0.2) is 5.96 Å². The van der Waals surface area contributed by atoms with Gasteiger partial charge in [-0.05, 0) is 44.4 Å². The quantitative estimate of drug-likeness (QED) is 0.285. The number of aromatic nitrogens is 3. The molecule has 0 aliphatic rings. The lowest BCUT2D eigenvalue weighted by molar-refractivity contribution is 0.584. The van der Waals surface area contributed by atoms with Crippen molar-refractivity contribution in [2.45, 2.75) is 33.2 Å². The van der Waals surface area contributed by atoms with Crippen LogP contribution in [0.15, 0.2) is 41.8 Å². The highest BCUT2D eigenvalue weighted by Crippen LogP contribution is 1.99. The van der Waals surface area contributed by atoms with Gasteiger partial charge >= 0.3 is 0 Å². The number of hydrogen-bond donors (Lipinski definition) is 2. The molecule has 0 bridgehead atoms. The number of rotatable bonds is 8. The Hall–Kier alpha value is -1.64. The summed E-state index contributed by atoms with van der Waals surface area (Å²) in [5.74, 6) is 0.869. The van der Waals surface area contributed by atoms with E-state index in [2.05, 4.69) is 38.7 Å². The predicted octanol–water partition coefficient (Wildman–Crippen LogP) is 2.39. The molecule has 2 aromatic rings. The van der Waals surface area contributed by atoms with Gasteiger partial charge in [-0.25, -0.2) is 0 Å². The Bertz CT molecular complexity index is 580. The Kier molecular flexibility index (Phi) is 10.1. The van der Waals surface area contributed by atoms with E-state index >= 15 is 0 Å². The van der Waals surface area contributed by atoms with Crippen LogP contribution >= 0.6 is 24.0 Å². The summed E-state index contributed by atoms with van der Waals surface area (Å²) < 4.78 is 1.93. The van der Waals surface area contributed by atoms with Crippen molar-refractivity contribution in [3.8, 4) is 0 Å². The maximum Gasteiger partial charge on any atom is 0.191 e. The topological polar surface area (TPSA) is 67.1 Å². The van der Waals surface area contributed by atoms with Crippen LogP contribution in [0.3, 0.4) is 0 Å². The number of nitrogens with zero attached hydrogens (tertiary/aromatic N) is 4. The third-order valence-electron chi connectivity index (χ3n) is 3.40. The van der Waals surface area contributed by atoms with Crippen LogP contribution in [0.2, 0.25) is 0 Å². The molecule has 0 aromatic carbocycles. The molecule has 0 unspecified atom stereocenters. The summed E-state index contributed by atoms with van der Waals surface area (Å²) in [6.45, 7) is 7.45. The van der Waals surface area contributed by atoms with E-state index in [0.717, 1.165) is 50.7 Å². The van der Waals surface area contributed by atoms with Gasteiger partial charge in [0, 0.05) is 50.5 Å². The zero-order chi connectivity index (χ0) is 16.3. The summed E-state index contributed by atoms with van der Waals surface area (Å²) in [5.41, 5.74) is 2.28. The Morgan fingerprint density at radius 3 is 2.83 bits per heavy atom. The molecule has 2 aromatic heterocycles. The molecule has 24 heavy (non-hydrogen) atoms. The lowest BCUT2D eigenvalue weighted by Crippen LogP contribution is -2.38. The van der Waals surface area contributed by atoms with E-state index in [1.54, 1.807) is 6.20 Å². The van der Waals surface area contributed by atoms with Crippen molar-refractivity contribution in [1.82, 2.24) is 25.4 Å². The molecule has 0 radical (unpaired) electrons. The van der Waals surface area contributed by atoms with Crippen molar-refractivity contribution in [3.05, 3.63) is 48.0 Å². The van der Waals surface area contributed by atoms with E-state index in [4.69, 9.17) is 0 Å². The number of aliphatic imine (C=N–C) groups is 1. The van der Waals surface area contributed by atoms with Crippen molar-refractivity contribution in [2.24, 2.45) is 4.99 Å². The highest BCUT2D eigenvalue weighted by atomic mass is 127. The summed E-state index contributed by atoms with van der Waals surface area (Å²) in [4.78, 5) is 8.91. The molecule has 0 saturated carbocycles. The van der Waals surface area contributed by atoms with E-state index in [1.807, 2.05) is 36.1 Å². The summed E-state index contributed by atoms with van der Waals surface area (Å²) in [5, 5.41) is 10.8. The van der Waals surface area contributed by atoms with Gasteiger partial charge in [0.1, 0.15) is 0 Å². The summed E-state index contributed by atoms with van der Waals surface area (Å²) in [7, 11) is 0. The minimum atomic E-state index is 0. The number of hydrogen-bond acceptors (Lipinski definition) is 3. The highest BCUT2D eigenvalue weighted by molar-refractivity contribution is 14.0. The minimum absolute atomic E-state index is 0. The SMILES string of the molecule is CCNC(=NCCCn1cccn1)NCCc1ccc(C)nc1.I. The van der Waals surface area contributed by atoms with E-state index in [9.17, 15) is 0 Å². The first-order chi connectivity index (χ1) is 11.3. The minimum Gasteiger partial charge on any atom is -0.357 e. The molecule has 7 heteroatoms. The number of guanidine groups is 1. The Balaban J connectivity index is 0.00000288. The Morgan fingerprint density at radius 2 is 2.17 bits per heavy atom. The lowest BCUT2D eigenvalue weighted by atomic mass is 10.2. The van der Waals surface area contributed by atoms with Gasteiger partial charge in [0.25, 0.3) is 0 Å². The van der Waals surface area contributed by atoms with Gasteiger partial charge in [-0.2, -0.15) is 5.10 Å². The fourth-order valence-corrected chi connectivity index (χ4v) is 2.17. The van der Waals surface area contributed by atoms with Crippen LogP contribution < -0.4 is 10.6 Å². The molecule has 0 atom stereocenters. The zero-order valence-corrected chi connectivity index (χ0v) is 16.7. The zero-order valence-electron chi connectivity index (χ0n) is 14.4. The summed E-state index contributed by atoms with van der Waals surface area (Å²) in [6.07, 6.45) is 7.62. The molecule has 6 nitrogen and oxygen atoms in total. The third-order valence-corrected chi connectivity index (χ3v) is 3.40. The Morgan fingerprint density at radius 1 is 1.29 bits per heavy atom. The van der Waals surface area contributed by atoms with Crippen molar-refractivity contribution < 1.29 is 0 Å². The van der Waals surface area contributed by atoms with Gasteiger partial charge in [0.2, 0.25) is 0 Å². The van der Waals surface area contributed by atoms with E-state index < -0.39 is 0 Å². The van der Waals surface area contributed by atoms with Gasteiger partial charge in [-0.3, -0.25) is 14.7 Å².